The van der Waals surface area contributed by atoms with Crippen molar-refractivity contribution in [2.24, 2.45) is 0 Å². The molecule has 1 heterocycles. The minimum atomic E-state index is 0.833. The summed E-state index contributed by atoms with van der Waals surface area (Å²) in [6, 6.07) is 11.8. The number of benzene rings is 1. The molecule has 0 unspecified atom stereocenters. The molecule has 97 valence electrons. The first kappa shape index (κ1) is 12.2. The van der Waals surface area contributed by atoms with Crippen LogP contribution >= 0.6 is 0 Å². The summed E-state index contributed by atoms with van der Waals surface area (Å²) in [7, 11) is 0. The zero-order chi connectivity index (χ0) is 12.2. The lowest BCUT2D eigenvalue weighted by Gasteiger charge is -2.39. The van der Waals surface area contributed by atoms with E-state index >= 15 is 0 Å². The van der Waals surface area contributed by atoms with Gasteiger partial charge in [0.15, 0.2) is 0 Å². The second-order valence-corrected chi connectivity index (χ2v) is 5.49. The fourth-order valence-electron chi connectivity index (χ4n) is 3.33. The summed E-state index contributed by atoms with van der Waals surface area (Å²) in [6.07, 6.45) is 5.28. The molecule has 1 aromatic rings. The zero-order valence-corrected chi connectivity index (χ0v) is 11.1. The predicted octanol–water partition coefficient (Wildman–Crippen LogP) is 2.46. The van der Waals surface area contributed by atoms with Crippen LogP contribution in [-0.2, 0) is 0 Å². The molecule has 0 spiro atoms. The molecule has 0 bridgehead atoms. The highest BCUT2D eigenvalue weighted by atomic mass is 15.2. The normalized spacial score (nSPS) is 24.2. The van der Waals surface area contributed by atoms with Crippen molar-refractivity contribution in [1.29, 1.82) is 0 Å². The summed E-state index contributed by atoms with van der Waals surface area (Å²) in [5.41, 5.74) is 1.47. The van der Waals surface area contributed by atoms with Crippen molar-refractivity contribution in [2.75, 3.05) is 26.2 Å². The molecule has 1 N–H and O–H groups in total. The maximum atomic E-state index is 3.44. The average molecular weight is 243 g/mol. The van der Waals surface area contributed by atoms with Gasteiger partial charge in [-0.3, -0.25) is 4.90 Å². The average Bonchev–Trinajstić information content (AvgIpc) is 2.49. The fourth-order valence-corrected chi connectivity index (χ4v) is 3.33. The van der Waals surface area contributed by atoms with Crippen LogP contribution in [0.4, 0.5) is 0 Å². The van der Waals surface area contributed by atoms with Crippen LogP contribution in [0.5, 0.6) is 0 Å². The van der Waals surface area contributed by atoms with E-state index in [1.54, 1.807) is 5.92 Å². The third kappa shape index (κ3) is 2.76. The molecular weight excluding hydrogens is 220 g/mol. The van der Waals surface area contributed by atoms with E-state index in [4.69, 9.17) is 0 Å². The Balaban J connectivity index is 1.54. The van der Waals surface area contributed by atoms with E-state index in [2.05, 4.69) is 40.5 Å². The van der Waals surface area contributed by atoms with Crippen molar-refractivity contribution in [3.05, 3.63) is 41.8 Å². The van der Waals surface area contributed by atoms with Crippen molar-refractivity contribution in [2.45, 2.75) is 31.7 Å². The predicted molar refractivity (Wildman–Crippen MR) is 75.5 cm³/mol. The molecule has 1 aliphatic heterocycles. The van der Waals surface area contributed by atoms with Crippen molar-refractivity contribution in [3.63, 3.8) is 0 Å². The Morgan fingerprint density at radius 1 is 0.944 bits per heavy atom. The van der Waals surface area contributed by atoms with Crippen LogP contribution in [0.15, 0.2) is 30.3 Å². The minimum Gasteiger partial charge on any atom is -0.314 e. The van der Waals surface area contributed by atoms with Crippen LogP contribution < -0.4 is 5.32 Å². The first-order chi connectivity index (χ1) is 8.93. The van der Waals surface area contributed by atoms with Gasteiger partial charge >= 0.3 is 0 Å². The molecule has 18 heavy (non-hydrogen) atoms. The van der Waals surface area contributed by atoms with Crippen molar-refractivity contribution < 1.29 is 0 Å². The highest BCUT2D eigenvalue weighted by Gasteiger charge is 2.27. The molecule has 1 saturated heterocycles. The molecular formula is C16H23N2. The molecule has 1 aromatic carbocycles. The highest BCUT2D eigenvalue weighted by Crippen LogP contribution is 2.33. The maximum absolute atomic E-state index is 3.44. The summed E-state index contributed by atoms with van der Waals surface area (Å²) in [6.45, 7) is 4.83. The van der Waals surface area contributed by atoms with E-state index in [0.29, 0.717) is 0 Å². The van der Waals surface area contributed by atoms with E-state index in [9.17, 15) is 0 Å². The summed E-state index contributed by atoms with van der Waals surface area (Å²) < 4.78 is 0. The first-order valence-corrected chi connectivity index (χ1v) is 7.28. The van der Waals surface area contributed by atoms with Crippen LogP contribution in [0.2, 0.25) is 0 Å². The molecule has 1 saturated carbocycles. The van der Waals surface area contributed by atoms with Crippen LogP contribution in [0.3, 0.4) is 0 Å². The summed E-state index contributed by atoms with van der Waals surface area (Å²) in [5, 5.41) is 3.44. The Labute approximate surface area is 110 Å². The number of nitrogens with one attached hydrogen (secondary N) is 1. The number of hydrogen-bond acceptors (Lipinski definition) is 2. The maximum Gasteiger partial charge on any atom is 0.0110 e. The number of rotatable bonds is 2. The molecule has 1 radical (unpaired) electrons. The standard InChI is InChI=1S/C16H23N2/c1-2-4-14(5-3-1)15-6-8-16(9-7-15)18-12-10-17-11-13-18/h1-5,16-17H,6-13H2. The Bertz CT molecular complexity index is 349. The number of nitrogens with zero attached hydrogens (tertiary/aromatic N) is 1. The van der Waals surface area contributed by atoms with Gasteiger partial charge in [-0.1, -0.05) is 30.3 Å². The Morgan fingerprint density at radius 3 is 2.28 bits per heavy atom. The molecule has 0 amide bonds. The lowest BCUT2D eigenvalue weighted by Crippen LogP contribution is -2.49. The van der Waals surface area contributed by atoms with Crippen LogP contribution in [0, 0.1) is 5.92 Å². The third-order valence-corrected chi connectivity index (χ3v) is 4.41. The Hall–Kier alpha value is -0.860. The largest absolute Gasteiger partial charge is 0.314 e. The molecule has 1 aliphatic carbocycles. The molecule has 3 rings (SSSR count). The van der Waals surface area contributed by atoms with Crippen LogP contribution in [0.25, 0.3) is 0 Å². The van der Waals surface area contributed by atoms with Gasteiger partial charge in [-0.2, -0.15) is 0 Å². The van der Waals surface area contributed by atoms with Crippen LogP contribution in [-0.4, -0.2) is 37.1 Å². The van der Waals surface area contributed by atoms with Gasteiger partial charge in [0.1, 0.15) is 0 Å². The van der Waals surface area contributed by atoms with E-state index in [1.165, 1.54) is 57.4 Å². The Morgan fingerprint density at radius 2 is 1.61 bits per heavy atom. The minimum absolute atomic E-state index is 0.833. The lowest BCUT2D eigenvalue weighted by atomic mass is 9.81. The van der Waals surface area contributed by atoms with E-state index in [0.717, 1.165) is 6.04 Å². The summed E-state index contributed by atoms with van der Waals surface area (Å²) in [5.74, 6) is 1.67. The second-order valence-electron chi connectivity index (χ2n) is 5.49. The zero-order valence-electron chi connectivity index (χ0n) is 11.1. The molecule has 2 nitrogen and oxygen atoms in total. The fraction of sp³-hybridized carbons (Fsp3) is 0.562. The van der Waals surface area contributed by atoms with Crippen molar-refractivity contribution in [1.82, 2.24) is 10.2 Å². The molecule has 2 aliphatic rings. The number of piperazine rings is 1. The van der Waals surface area contributed by atoms with Gasteiger partial charge in [-0.05, 0) is 31.2 Å². The van der Waals surface area contributed by atoms with E-state index < -0.39 is 0 Å². The van der Waals surface area contributed by atoms with Gasteiger partial charge in [0.05, 0.1) is 0 Å². The summed E-state index contributed by atoms with van der Waals surface area (Å²) >= 11 is 0. The quantitative estimate of drug-likeness (QED) is 0.858. The second kappa shape index (κ2) is 5.85. The van der Waals surface area contributed by atoms with Gasteiger partial charge in [0.2, 0.25) is 0 Å². The third-order valence-electron chi connectivity index (χ3n) is 4.41. The summed E-state index contributed by atoms with van der Waals surface area (Å²) in [4.78, 5) is 2.69. The number of hydrogen-bond donors (Lipinski definition) is 1. The Kier molecular flexibility index (Phi) is 3.96. The van der Waals surface area contributed by atoms with Crippen molar-refractivity contribution >= 4 is 0 Å². The van der Waals surface area contributed by atoms with Gasteiger partial charge in [0.25, 0.3) is 0 Å². The topological polar surface area (TPSA) is 15.3 Å². The van der Waals surface area contributed by atoms with Gasteiger partial charge in [-0.15, -0.1) is 0 Å². The molecule has 2 heteroatoms. The SMILES string of the molecule is c1ccc([C]2CCC(N3CCNCC3)CC2)cc1. The molecule has 2 fully saturated rings. The highest BCUT2D eigenvalue weighted by molar-refractivity contribution is 5.31. The van der Waals surface area contributed by atoms with Crippen LogP contribution in [0.1, 0.15) is 31.2 Å². The van der Waals surface area contributed by atoms with E-state index in [1.807, 2.05) is 0 Å². The molecule has 0 aromatic heterocycles. The van der Waals surface area contributed by atoms with Gasteiger partial charge in [-0.25, -0.2) is 0 Å². The monoisotopic (exact) mass is 243 g/mol. The smallest absolute Gasteiger partial charge is 0.0110 e. The first-order valence-electron chi connectivity index (χ1n) is 7.28. The lowest BCUT2D eigenvalue weighted by molar-refractivity contribution is 0.144. The van der Waals surface area contributed by atoms with Gasteiger partial charge in [0, 0.05) is 38.1 Å². The van der Waals surface area contributed by atoms with Crippen molar-refractivity contribution in [3.8, 4) is 0 Å². The van der Waals surface area contributed by atoms with Gasteiger partial charge < -0.3 is 5.32 Å². The van der Waals surface area contributed by atoms with E-state index in [-0.39, 0.29) is 0 Å². The molecule has 0 atom stereocenters.